The van der Waals surface area contributed by atoms with E-state index in [-0.39, 0.29) is 18.5 Å². The van der Waals surface area contributed by atoms with Crippen molar-refractivity contribution in [1.29, 1.82) is 0 Å². The molecule has 2 aromatic carbocycles. The predicted molar refractivity (Wildman–Crippen MR) is 70.5 cm³/mol. The molecular formula is C15H16FNO. The van der Waals surface area contributed by atoms with E-state index in [1.807, 2.05) is 30.3 Å². The number of aliphatic hydroxyl groups excluding tert-OH is 1. The SMILES string of the molecule is NC(CCO)c1cccc(-c2cccc(F)c2)c1. The van der Waals surface area contributed by atoms with Crippen LogP contribution in [-0.2, 0) is 0 Å². The van der Waals surface area contributed by atoms with Crippen molar-refractivity contribution in [2.45, 2.75) is 12.5 Å². The van der Waals surface area contributed by atoms with E-state index in [0.717, 1.165) is 16.7 Å². The molecule has 2 nitrogen and oxygen atoms in total. The van der Waals surface area contributed by atoms with Crippen molar-refractivity contribution in [3.05, 3.63) is 59.9 Å². The van der Waals surface area contributed by atoms with Crippen LogP contribution in [0.15, 0.2) is 48.5 Å². The highest BCUT2D eigenvalue weighted by molar-refractivity contribution is 5.64. The largest absolute Gasteiger partial charge is 0.396 e. The minimum Gasteiger partial charge on any atom is -0.396 e. The highest BCUT2D eigenvalue weighted by Crippen LogP contribution is 2.24. The molecule has 0 spiro atoms. The minimum atomic E-state index is -0.252. The normalized spacial score (nSPS) is 12.4. The Labute approximate surface area is 106 Å². The van der Waals surface area contributed by atoms with E-state index in [1.165, 1.54) is 12.1 Å². The number of aliphatic hydroxyl groups is 1. The van der Waals surface area contributed by atoms with Crippen molar-refractivity contribution in [1.82, 2.24) is 0 Å². The number of hydrogen-bond acceptors (Lipinski definition) is 2. The zero-order valence-electron chi connectivity index (χ0n) is 10.0. The smallest absolute Gasteiger partial charge is 0.123 e. The van der Waals surface area contributed by atoms with Gasteiger partial charge in [-0.25, -0.2) is 4.39 Å². The fourth-order valence-electron chi connectivity index (χ4n) is 1.92. The average Bonchev–Trinajstić information content (AvgIpc) is 2.39. The summed E-state index contributed by atoms with van der Waals surface area (Å²) in [6.45, 7) is 0.0609. The molecule has 0 aliphatic heterocycles. The third kappa shape index (κ3) is 2.94. The van der Waals surface area contributed by atoms with Gasteiger partial charge >= 0.3 is 0 Å². The predicted octanol–water partition coefficient (Wildman–Crippen LogP) is 2.87. The zero-order valence-corrected chi connectivity index (χ0v) is 10.0. The molecule has 0 aliphatic rings. The van der Waals surface area contributed by atoms with Gasteiger partial charge in [-0.2, -0.15) is 0 Å². The summed E-state index contributed by atoms with van der Waals surface area (Å²) in [6.07, 6.45) is 0.520. The molecule has 0 aliphatic carbocycles. The molecule has 3 N–H and O–H groups in total. The van der Waals surface area contributed by atoms with Gasteiger partial charge in [-0.1, -0.05) is 30.3 Å². The third-order valence-electron chi connectivity index (χ3n) is 2.91. The van der Waals surface area contributed by atoms with Crippen molar-refractivity contribution in [2.75, 3.05) is 6.61 Å². The fourth-order valence-corrected chi connectivity index (χ4v) is 1.92. The second kappa shape index (κ2) is 5.76. The van der Waals surface area contributed by atoms with E-state index in [1.54, 1.807) is 6.07 Å². The van der Waals surface area contributed by atoms with E-state index >= 15 is 0 Å². The first kappa shape index (κ1) is 12.7. The molecule has 0 bridgehead atoms. The van der Waals surface area contributed by atoms with Gasteiger partial charge < -0.3 is 10.8 Å². The average molecular weight is 245 g/mol. The van der Waals surface area contributed by atoms with Crippen LogP contribution < -0.4 is 5.73 Å². The lowest BCUT2D eigenvalue weighted by atomic mass is 9.98. The van der Waals surface area contributed by atoms with Gasteiger partial charge in [-0.05, 0) is 41.3 Å². The topological polar surface area (TPSA) is 46.2 Å². The maximum Gasteiger partial charge on any atom is 0.123 e. The van der Waals surface area contributed by atoms with Crippen molar-refractivity contribution in [3.63, 3.8) is 0 Å². The molecule has 0 radical (unpaired) electrons. The Morgan fingerprint density at radius 2 is 1.72 bits per heavy atom. The van der Waals surface area contributed by atoms with E-state index in [9.17, 15) is 4.39 Å². The lowest BCUT2D eigenvalue weighted by Gasteiger charge is -2.12. The molecule has 0 heterocycles. The van der Waals surface area contributed by atoms with Crippen LogP contribution in [0.3, 0.4) is 0 Å². The van der Waals surface area contributed by atoms with Gasteiger partial charge in [0.1, 0.15) is 5.82 Å². The van der Waals surface area contributed by atoms with Crippen LogP contribution in [0.4, 0.5) is 4.39 Å². The van der Waals surface area contributed by atoms with Crippen LogP contribution in [0, 0.1) is 5.82 Å². The molecule has 2 aromatic rings. The van der Waals surface area contributed by atoms with Gasteiger partial charge in [0.2, 0.25) is 0 Å². The Morgan fingerprint density at radius 3 is 2.39 bits per heavy atom. The monoisotopic (exact) mass is 245 g/mol. The summed E-state index contributed by atoms with van der Waals surface area (Å²) >= 11 is 0. The van der Waals surface area contributed by atoms with Crippen molar-refractivity contribution < 1.29 is 9.50 Å². The minimum absolute atomic E-state index is 0.0609. The van der Waals surface area contributed by atoms with Crippen molar-refractivity contribution in [2.24, 2.45) is 5.73 Å². The standard InChI is InChI=1S/C15H16FNO/c16-14-6-2-4-12(10-14)11-3-1-5-13(9-11)15(17)7-8-18/h1-6,9-10,15,18H,7-8,17H2. The first-order chi connectivity index (χ1) is 8.70. The van der Waals surface area contributed by atoms with E-state index in [4.69, 9.17) is 10.8 Å². The quantitative estimate of drug-likeness (QED) is 0.870. The lowest BCUT2D eigenvalue weighted by Crippen LogP contribution is -2.11. The second-order valence-electron chi connectivity index (χ2n) is 4.25. The first-order valence-electron chi connectivity index (χ1n) is 5.93. The summed E-state index contributed by atoms with van der Waals surface area (Å²) < 4.78 is 13.2. The van der Waals surface area contributed by atoms with Crippen LogP contribution in [0.25, 0.3) is 11.1 Å². The second-order valence-corrected chi connectivity index (χ2v) is 4.25. The maximum atomic E-state index is 13.2. The Bertz CT molecular complexity index is 527. The van der Waals surface area contributed by atoms with Crippen molar-refractivity contribution in [3.8, 4) is 11.1 Å². The molecule has 0 saturated heterocycles. The fraction of sp³-hybridized carbons (Fsp3) is 0.200. The van der Waals surface area contributed by atoms with Gasteiger partial charge in [0.05, 0.1) is 0 Å². The number of nitrogens with two attached hydrogens (primary N) is 1. The maximum absolute atomic E-state index is 13.2. The number of halogens is 1. The molecule has 94 valence electrons. The van der Waals surface area contributed by atoms with E-state index in [0.29, 0.717) is 6.42 Å². The summed E-state index contributed by atoms with van der Waals surface area (Å²) in [6, 6.07) is 13.9. The number of hydrogen-bond donors (Lipinski definition) is 2. The van der Waals surface area contributed by atoms with Crippen LogP contribution in [0.5, 0.6) is 0 Å². The molecule has 0 aromatic heterocycles. The summed E-state index contributed by atoms with van der Waals surface area (Å²) in [5.41, 5.74) is 8.66. The summed E-state index contributed by atoms with van der Waals surface area (Å²) in [7, 11) is 0. The van der Waals surface area contributed by atoms with Crippen LogP contribution in [0.1, 0.15) is 18.0 Å². The van der Waals surface area contributed by atoms with Crippen LogP contribution in [-0.4, -0.2) is 11.7 Å². The molecule has 0 amide bonds. The van der Waals surface area contributed by atoms with Gasteiger partial charge in [0.25, 0.3) is 0 Å². The molecule has 18 heavy (non-hydrogen) atoms. The van der Waals surface area contributed by atoms with Crippen LogP contribution >= 0.6 is 0 Å². The van der Waals surface area contributed by atoms with Gasteiger partial charge in [0, 0.05) is 12.6 Å². The van der Waals surface area contributed by atoms with Crippen molar-refractivity contribution >= 4 is 0 Å². The molecule has 3 heteroatoms. The highest BCUT2D eigenvalue weighted by Gasteiger charge is 2.07. The molecule has 2 rings (SSSR count). The highest BCUT2D eigenvalue weighted by atomic mass is 19.1. The molecular weight excluding hydrogens is 229 g/mol. The zero-order chi connectivity index (χ0) is 13.0. The van der Waals surface area contributed by atoms with E-state index in [2.05, 4.69) is 0 Å². The number of rotatable bonds is 4. The third-order valence-corrected chi connectivity index (χ3v) is 2.91. The summed E-state index contributed by atoms with van der Waals surface area (Å²) in [4.78, 5) is 0. The van der Waals surface area contributed by atoms with Crippen LogP contribution in [0.2, 0.25) is 0 Å². The summed E-state index contributed by atoms with van der Waals surface area (Å²) in [5, 5.41) is 8.89. The Kier molecular flexibility index (Phi) is 4.07. The first-order valence-corrected chi connectivity index (χ1v) is 5.93. The Morgan fingerprint density at radius 1 is 1.06 bits per heavy atom. The van der Waals surface area contributed by atoms with Gasteiger partial charge in [0.15, 0.2) is 0 Å². The Balaban J connectivity index is 2.32. The molecule has 1 atom stereocenters. The lowest BCUT2D eigenvalue weighted by molar-refractivity contribution is 0.276. The number of benzene rings is 2. The molecule has 0 saturated carbocycles. The molecule has 0 fully saturated rings. The summed E-state index contributed by atoms with van der Waals surface area (Å²) in [5.74, 6) is -0.252. The molecule has 1 unspecified atom stereocenters. The Hall–Kier alpha value is -1.71. The van der Waals surface area contributed by atoms with E-state index < -0.39 is 0 Å². The van der Waals surface area contributed by atoms with Gasteiger partial charge in [-0.15, -0.1) is 0 Å². The van der Waals surface area contributed by atoms with Gasteiger partial charge in [-0.3, -0.25) is 0 Å².